The molecule has 19 heavy (non-hydrogen) atoms. The molecule has 102 valence electrons. The predicted octanol–water partition coefficient (Wildman–Crippen LogP) is -0.253. The summed E-state index contributed by atoms with van der Waals surface area (Å²) in [6.07, 6.45) is 2.41. The number of anilines is 1. The van der Waals surface area contributed by atoms with Gasteiger partial charge in [0.1, 0.15) is 4.90 Å². The fourth-order valence-electron chi connectivity index (χ4n) is 1.24. The number of aromatic amines is 1. The molecule has 10 heteroatoms. The second kappa shape index (κ2) is 5.47. The van der Waals surface area contributed by atoms with Crippen molar-refractivity contribution in [3.05, 3.63) is 33.1 Å². The lowest BCUT2D eigenvalue weighted by Crippen LogP contribution is -2.24. The largest absolute Gasteiger partial charge is 0.357 e. The number of H-pyrrole nitrogens is 1. The maximum atomic E-state index is 11.9. The van der Waals surface area contributed by atoms with Crippen LogP contribution in [0.3, 0.4) is 0 Å². The van der Waals surface area contributed by atoms with Gasteiger partial charge in [0.05, 0.1) is 18.9 Å². The van der Waals surface area contributed by atoms with Gasteiger partial charge < -0.3 is 10.3 Å². The van der Waals surface area contributed by atoms with Crippen molar-refractivity contribution in [3.8, 4) is 0 Å². The van der Waals surface area contributed by atoms with Crippen LogP contribution in [0.25, 0.3) is 0 Å². The molecule has 0 aliphatic carbocycles. The Morgan fingerprint density at radius 1 is 1.37 bits per heavy atom. The number of sulfonamides is 1. The van der Waals surface area contributed by atoms with Crippen molar-refractivity contribution in [1.82, 2.24) is 19.7 Å². The Morgan fingerprint density at radius 3 is 2.58 bits per heavy atom. The first kappa shape index (κ1) is 13.6. The number of hydrogen-bond donors (Lipinski definition) is 3. The number of rotatable bonds is 5. The lowest BCUT2D eigenvalue weighted by atomic mass is 10.5. The summed E-state index contributed by atoms with van der Waals surface area (Å²) in [5.41, 5.74) is 0.506. The molecular formula is C9H11N5O3S2. The average molecular weight is 301 g/mol. The second-order valence-electron chi connectivity index (χ2n) is 3.49. The molecule has 0 saturated carbocycles. The molecule has 0 aromatic carbocycles. The topological polar surface area (TPSA) is 117 Å². The third-order valence-corrected chi connectivity index (χ3v) is 4.26. The Hall–Kier alpha value is -1.78. The van der Waals surface area contributed by atoms with Crippen LogP contribution in [0.5, 0.6) is 0 Å². The van der Waals surface area contributed by atoms with Gasteiger partial charge in [0, 0.05) is 18.1 Å². The molecule has 2 heterocycles. The fraction of sp³-hybridized carbons (Fsp3) is 0.222. The van der Waals surface area contributed by atoms with Gasteiger partial charge in [0.25, 0.3) is 0 Å². The number of nitrogens with one attached hydrogen (secondary N) is 3. The molecule has 0 aliphatic heterocycles. The zero-order valence-electron chi connectivity index (χ0n) is 9.87. The quantitative estimate of drug-likeness (QED) is 0.701. The third kappa shape index (κ3) is 3.36. The van der Waals surface area contributed by atoms with E-state index in [2.05, 4.69) is 25.0 Å². The summed E-state index contributed by atoms with van der Waals surface area (Å²) < 4.78 is 26.2. The monoisotopic (exact) mass is 301 g/mol. The molecule has 0 aliphatic rings. The van der Waals surface area contributed by atoms with Crippen molar-refractivity contribution in [2.75, 3.05) is 12.4 Å². The van der Waals surface area contributed by atoms with Crippen LogP contribution in [0.1, 0.15) is 5.69 Å². The van der Waals surface area contributed by atoms with Crippen molar-refractivity contribution >= 4 is 27.3 Å². The highest BCUT2D eigenvalue weighted by Gasteiger charge is 2.15. The van der Waals surface area contributed by atoms with E-state index in [9.17, 15) is 13.2 Å². The van der Waals surface area contributed by atoms with Gasteiger partial charge in [-0.2, -0.15) is 0 Å². The Balaban J connectivity index is 2.11. The van der Waals surface area contributed by atoms with Gasteiger partial charge >= 0.3 is 4.87 Å². The van der Waals surface area contributed by atoms with Crippen LogP contribution in [-0.2, 0) is 16.6 Å². The van der Waals surface area contributed by atoms with E-state index in [1.165, 1.54) is 12.4 Å². The minimum absolute atomic E-state index is 0.00878. The molecule has 0 atom stereocenters. The van der Waals surface area contributed by atoms with Crippen LogP contribution in [0.15, 0.2) is 27.5 Å². The summed E-state index contributed by atoms with van der Waals surface area (Å²) in [7, 11) is -2.06. The molecule has 0 unspecified atom stereocenters. The predicted molar refractivity (Wildman–Crippen MR) is 70.5 cm³/mol. The van der Waals surface area contributed by atoms with Gasteiger partial charge in [0.2, 0.25) is 16.0 Å². The minimum atomic E-state index is -3.69. The maximum Gasteiger partial charge on any atom is 0.304 e. The Bertz CT molecular complexity index is 704. The number of aromatic nitrogens is 3. The molecule has 0 spiro atoms. The first-order valence-corrected chi connectivity index (χ1v) is 7.54. The van der Waals surface area contributed by atoms with Gasteiger partial charge in [-0.05, 0) is 0 Å². The molecule has 2 aromatic heterocycles. The summed E-state index contributed by atoms with van der Waals surface area (Å²) in [5.74, 6) is 0.334. The Kier molecular flexibility index (Phi) is 3.93. The SMILES string of the molecule is CNc1ncc(S(=O)(=O)NCc2csc(=O)[nH]2)cn1. The van der Waals surface area contributed by atoms with E-state index in [0.29, 0.717) is 11.6 Å². The Labute approximate surface area is 113 Å². The molecule has 0 fully saturated rings. The number of nitrogens with zero attached hydrogens (tertiary/aromatic N) is 2. The minimum Gasteiger partial charge on any atom is -0.357 e. The van der Waals surface area contributed by atoms with E-state index in [-0.39, 0.29) is 16.3 Å². The highest BCUT2D eigenvalue weighted by Crippen LogP contribution is 2.07. The summed E-state index contributed by atoms with van der Waals surface area (Å²) >= 11 is 0.977. The van der Waals surface area contributed by atoms with Gasteiger partial charge in [-0.15, -0.1) is 0 Å². The standard InChI is InChI=1S/C9H11N5O3S2/c1-10-8-11-3-7(4-12-8)19(16,17)13-2-6-5-18-9(15)14-6/h3-5,13H,2H2,1H3,(H,14,15)(H,10,11,12). The molecule has 0 bridgehead atoms. The van der Waals surface area contributed by atoms with E-state index >= 15 is 0 Å². The van der Waals surface area contributed by atoms with Crippen molar-refractivity contribution in [2.24, 2.45) is 0 Å². The lowest BCUT2D eigenvalue weighted by Gasteiger charge is -2.05. The van der Waals surface area contributed by atoms with E-state index in [1.807, 2.05) is 0 Å². The summed E-state index contributed by atoms with van der Waals surface area (Å²) in [6, 6.07) is 0. The van der Waals surface area contributed by atoms with Crippen molar-refractivity contribution in [2.45, 2.75) is 11.4 Å². The molecular weight excluding hydrogens is 290 g/mol. The molecule has 8 nitrogen and oxygen atoms in total. The normalized spacial score (nSPS) is 11.4. The van der Waals surface area contributed by atoms with E-state index < -0.39 is 10.0 Å². The molecule has 0 amide bonds. The average Bonchev–Trinajstić information content (AvgIpc) is 2.82. The Morgan fingerprint density at radius 2 is 2.05 bits per heavy atom. The molecule has 0 radical (unpaired) electrons. The first-order chi connectivity index (χ1) is 9.01. The van der Waals surface area contributed by atoms with Crippen molar-refractivity contribution < 1.29 is 8.42 Å². The first-order valence-electron chi connectivity index (χ1n) is 5.17. The van der Waals surface area contributed by atoms with Gasteiger partial charge in [-0.3, -0.25) is 4.79 Å². The van der Waals surface area contributed by atoms with Crippen LogP contribution in [0.4, 0.5) is 5.95 Å². The van der Waals surface area contributed by atoms with Gasteiger partial charge in [-0.1, -0.05) is 11.3 Å². The van der Waals surface area contributed by atoms with Crippen LogP contribution >= 0.6 is 11.3 Å². The highest BCUT2D eigenvalue weighted by molar-refractivity contribution is 7.89. The van der Waals surface area contributed by atoms with Crippen molar-refractivity contribution in [3.63, 3.8) is 0 Å². The molecule has 0 saturated heterocycles. The molecule has 2 aromatic rings. The number of thiazole rings is 1. The fourth-order valence-corrected chi connectivity index (χ4v) is 2.72. The van der Waals surface area contributed by atoms with Crippen LogP contribution in [0, 0.1) is 0 Å². The number of hydrogen-bond acceptors (Lipinski definition) is 7. The highest BCUT2D eigenvalue weighted by atomic mass is 32.2. The molecule has 2 rings (SSSR count). The second-order valence-corrected chi connectivity index (χ2v) is 6.10. The maximum absolute atomic E-state index is 11.9. The van der Waals surface area contributed by atoms with E-state index in [1.54, 1.807) is 12.4 Å². The summed E-state index contributed by atoms with van der Waals surface area (Å²) in [4.78, 5) is 20.8. The molecule has 3 N–H and O–H groups in total. The van der Waals surface area contributed by atoms with E-state index in [0.717, 1.165) is 11.3 Å². The smallest absolute Gasteiger partial charge is 0.304 e. The van der Waals surface area contributed by atoms with Gasteiger partial charge in [0.15, 0.2) is 0 Å². The zero-order chi connectivity index (χ0) is 13.9. The summed E-state index contributed by atoms with van der Waals surface area (Å²) in [5, 5.41) is 4.25. The van der Waals surface area contributed by atoms with Crippen LogP contribution in [-0.4, -0.2) is 30.4 Å². The van der Waals surface area contributed by atoms with Gasteiger partial charge in [-0.25, -0.2) is 23.1 Å². The van der Waals surface area contributed by atoms with Crippen LogP contribution < -0.4 is 14.9 Å². The summed E-state index contributed by atoms with van der Waals surface area (Å²) in [6.45, 7) is 0.00878. The van der Waals surface area contributed by atoms with Crippen molar-refractivity contribution in [1.29, 1.82) is 0 Å². The zero-order valence-corrected chi connectivity index (χ0v) is 11.5. The van der Waals surface area contributed by atoms with Crippen LogP contribution in [0.2, 0.25) is 0 Å². The third-order valence-electron chi connectivity index (χ3n) is 2.19. The van der Waals surface area contributed by atoms with E-state index in [4.69, 9.17) is 0 Å². The lowest BCUT2D eigenvalue weighted by molar-refractivity contribution is 0.579.